The summed E-state index contributed by atoms with van der Waals surface area (Å²) in [6.07, 6.45) is 2.15. The van der Waals surface area contributed by atoms with E-state index < -0.39 is 0 Å². The third kappa shape index (κ3) is 2.20. The van der Waals surface area contributed by atoms with Crippen LogP contribution in [0.2, 0.25) is 0 Å². The summed E-state index contributed by atoms with van der Waals surface area (Å²) in [5.41, 5.74) is 10.3. The van der Waals surface area contributed by atoms with Crippen LogP contribution in [-0.2, 0) is 4.79 Å². The zero-order valence-electron chi connectivity index (χ0n) is 5.04. The number of hydrogen-bond acceptors (Lipinski definition) is 2. The number of carbonyl (C=O) groups excluding carboxylic acids is 1. The molecule has 1 atom stereocenters. The maximum absolute atomic E-state index is 10.3. The molecular formula is C5H11ClN2O. The lowest BCUT2D eigenvalue weighted by molar-refractivity contribution is -0.119. The van der Waals surface area contributed by atoms with Crippen LogP contribution in [0, 0.1) is 5.92 Å². The predicted octanol–water partition coefficient (Wildman–Crippen LogP) is -0.369. The molecule has 0 bridgehead atoms. The Morgan fingerprint density at radius 2 is 2.00 bits per heavy atom. The lowest BCUT2D eigenvalue weighted by Crippen LogP contribution is -2.37. The van der Waals surface area contributed by atoms with Crippen molar-refractivity contribution in [3.63, 3.8) is 0 Å². The maximum atomic E-state index is 10.3. The van der Waals surface area contributed by atoms with Crippen LogP contribution in [-0.4, -0.2) is 11.9 Å². The van der Waals surface area contributed by atoms with Gasteiger partial charge in [0.2, 0.25) is 5.91 Å². The molecule has 54 valence electrons. The standard InChI is InChI=1S/C5H10N2O.ClH/c6-4(5(7)8)3-1-2-3;/h3-4H,1-2,6H2,(H2,7,8);1H. The molecule has 1 rings (SSSR count). The highest BCUT2D eigenvalue weighted by Gasteiger charge is 2.31. The highest BCUT2D eigenvalue weighted by molar-refractivity contribution is 5.85. The Hall–Kier alpha value is -0.280. The van der Waals surface area contributed by atoms with Crippen LogP contribution >= 0.6 is 12.4 Å². The van der Waals surface area contributed by atoms with E-state index in [1.54, 1.807) is 0 Å². The number of amides is 1. The molecule has 0 radical (unpaired) electrons. The van der Waals surface area contributed by atoms with Gasteiger partial charge in [-0.25, -0.2) is 0 Å². The Morgan fingerprint density at radius 1 is 1.56 bits per heavy atom. The van der Waals surface area contributed by atoms with Gasteiger partial charge >= 0.3 is 0 Å². The second-order valence-electron chi connectivity index (χ2n) is 2.27. The summed E-state index contributed by atoms with van der Waals surface area (Å²) < 4.78 is 0. The SMILES string of the molecule is Cl.NC(=O)C(N)C1CC1. The van der Waals surface area contributed by atoms with Gasteiger partial charge in [0.05, 0.1) is 6.04 Å². The molecule has 0 aromatic heterocycles. The van der Waals surface area contributed by atoms with E-state index in [2.05, 4.69) is 0 Å². The van der Waals surface area contributed by atoms with Crippen molar-refractivity contribution in [2.24, 2.45) is 17.4 Å². The van der Waals surface area contributed by atoms with Gasteiger partial charge in [-0.1, -0.05) is 0 Å². The largest absolute Gasteiger partial charge is 0.368 e. The molecule has 1 aliphatic rings. The second kappa shape index (κ2) is 3.03. The Balaban J connectivity index is 0.000000640. The monoisotopic (exact) mass is 150 g/mol. The maximum Gasteiger partial charge on any atom is 0.234 e. The van der Waals surface area contributed by atoms with Crippen LogP contribution in [0.5, 0.6) is 0 Å². The zero-order chi connectivity index (χ0) is 6.15. The van der Waals surface area contributed by atoms with E-state index >= 15 is 0 Å². The minimum Gasteiger partial charge on any atom is -0.368 e. The molecule has 4 N–H and O–H groups in total. The molecule has 1 amide bonds. The van der Waals surface area contributed by atoms with Crippen molar-refractivity contribution in [3.8, 4) is 0 Å². The topological polar surface area (TPSA) is 69.1 Å². The third-order valence-electron chi connectivity index (χ3n) is 1.46. The highest BCUT2D eigenvalue weighted by Crippen LogP contribution is 2.31. The average molecular weight is 151 g/mol. The van der Waals surface area contributed by atoms with Crippen LogP contribution in [0.1, 0.15) is 12.8 Å². The smallest absolute Gasteiger partial charge is 0.234 e. The van der Waals surface area contributed by atoms with Gasteiger partial charge in [0.25, 0.3) is 0 Å². The molecular weight excluding hydrogens is 140 g/mol. The lowest BCUT2D eigenvalue weighted by Gasteiger charge is -2.01. The fourth-order valence-corrected chi connectivity index (χ4v) is 0.688. The molecule has 9 heavy (non-hydrogen) atoms. The molecule has 1 unspecified atom stereocenters. The van der Waals surface area contributed by atoms with Gasteiger partial charge in [-0.15, -0.1) is 12.4 Å². The van der Waals surface area contributed by atoms with Crippen molar-refractivity contribution in [2.45, 2.75) is 18.9 Å². The van der Waals surface area contributed by atoms with Gasteiger partial charge in [0, 0.05) is 0 Å². The minimum absolute atomic E-state index is 0. The average Bonchev–Trinajstić information content (AvgIpc) is 2.43. The molecule has 1 saturated carbocycles. The summed E-state index contributed by atoms with van der Waals surface area (Å²) in [6.45, 7) is 0. The summed E-state index contributed by atoms with van der Waals surface area (Å²) in [5.74, 6) is 0.0278. The van der Waals surface area contributed by atoms with Gasteiger partial charge in [0.1, 0.15) is 0 Å². The first kappa shape index (κ1) is 8.72. The molecule has 1 aliphatic carbocycles. The molecule has 4 heteroatoms. The van der Waals surface area contributed by atoms with Crippen molar-refractivity contribution in [3.05, 3.63) is 0 Å². The van der Waals surface area contributed by atoms with Crippen LogP contribution in [0.4, 0.5) is 0 Å². The Bertz CT molecular complexity index is 114. The Kier molecular flexibility index (Phi) is 2.94. The predicted molar refractivity (Wildman–Crippen MR) is 37.1 cm³/mol. The molecule has 0 aromatic rings. The van der Waals surface area contributed by atoms with E-state index in [4.69, 9.17) is 11.5 Å². The fraction of sp³-hybridized carbons (Fsp3) is 0.800. The number of nitrogens with two attached hydrogens (primary N) is 2. The normalized spacial score (nSPS) is 20.1. The lowest BCUT2D eigenvalue weighted by atomic mass is 10.2. The molecule has 1 fully saturated rings. The number of carbonyl (C=O) groups is 1. The molecule has 0 aliphatic heterocycles. The number of hydrogen-bond donors (Lipinski definition) is 2. The third-order valence-corrected chi connectivity index (χ3v) is 1.46. The second-order valence-corrected chi connectivity index (χ2v) is 2.27. The molecule has 3 nitrogen and oxygen atoms in total. The first-order valence-corrected chi connectivity index (χ1v) is 2.76. The van der Waals surface area contributed by atoms with Crippen LogP contribution in [0.25, 0.3) is 0 Å². The van der Waals surface area contributed by atoms with Crippen molar-refractivity contribution >= 4 is 18.3 Å². The van der Waals surface area contributed by atoms with Crippen molar-refractivity contribution in [1.82, 2.24) is 0 Å². The highest BCUT2D eigenvalue weighted by atomic mass is 35.5. The molecule has 0 spiro atoms. The molecule has 0 aromatic carbocycles. The van der Waals surface area contributed by atoms with Crippen LogP contribution in [0.15, 0.2) is 0 Å². The van der Waals surface area contributed by atoms with E-state index in [0.29, 0.717) is 5.92 Å². The van der Waals surface area contributed by atoms with Gasteiger partial charge < -0.3 is 11.5 Å². The summed E-state index contributed by atoms with van der Waals surface area (Å²) in [4.78, 5) is 10.3. The quantitative estimate of drug-likeness (QED) is 0.564. The van der Waals surface area contributed by atoms with E-state index in [-0.39, 0.29) is 24.4 Å². The summed E-state index contributed by atoms with van der Waals surface area (Å²) in [5, 5.41) is 0. The summed E-state index contributed by atoms with van der Waals surface area (Å²) >= 11 is 0. The first-order valence-electron chi connectivity index (χ1n) is 2.76. The van der Waals surface area contributed by atoms with Gasteiger partial charge in [-0.2, -0.15) is 0 Å². The van der Waals surface area contributed by atoms with Gasteiger partial charge in [-0.05, 0) is 18.8 Å². The van der Waals surface area contributed by atoms with Gasteiger partial charge in [-0.3, -0.25) is 4.79 Å². The van der Waals surface area contributed by atoms with E-state index in [9.17, 15) is 4.79 Å². The first-order chi connectivity index (χ1) is 3.72. The van der Waals surface area contributed by atoms with E-state index in [0.717, 1.165) is 12.8 Å². The Morgan fingerprint density at radius 3 is 2.11 bits per heavy atom. The number of primary amides is 1. The Labute approximate surface area is 60.2 Å². The van der Waals surface area contributed by atoms with E-state index in [1.165, 1.54) is 0 Å². The van der Waals surface area contributed by atoms with Gasteiger partial charge in [0.15, 0.2) is 0 Å². The van der Waals surface area contributed by atoms with Crippen molar-refractivity contribution in [2.75, 3.05) is 0 Å². The molecule has 0 heterocycles. The summed E-state index contributed by atoms with van der Waals surface area (Å²) in [6, 6.07) is -0.380. The van der Waals surface area contributed by atoms with Crippen LogP contribution in [0.3, 0.4) is 0 Å². The van der Waals surface area contributed by atoms with Crippen molar-refractivity contribution < 1.29 is 4.79 Å². The van der Waals surface area contributed by atoms with E-state index in [1.807, 2.05) is 0 Å². The number of rotatable bonds is 2. The van der Waals surface area contributed by atoms with Crippen LogP contribution < -0.4 is 11.5 Å². The number of halogens is 1. The van der Waals surface area contributed by atoms with Crippen molar-refractivity contribution in [1.29, 1.82) is 0 Å². The summed E-state index contributed by atoms with van der Waals surface area (Å²) in [7, 11) is 0. The zero-order valence-corrected chi connectivity index (χ0v) is 5.86. The molecule has 0 saturated heterocycles. The minimum atomic E-state index is -0.380. The fourth-order valence-electron chi connectivity index (χ4n) is 0.688.